The van der Waals surface area contributed by atoms with Crippen LogP contribution in [0.4, 0.5) is 11.8 Å². The highest BCUT2D eigenvalue weighted by Gasteiger charge is 2.30. The van der Waals surface area contributed by atoms with E-state index >= 15 is 0 Å². The van der Waals surface area contributed by atoms with Crippen LogP contribution in [0, 0.1) is 5.92 Å². The molecule has 26 heavy (non-hydrogen) atoms. The maximum absolute atomic E-state index is 10.9. The van der Waals surface area contributed by atoms with Gasteiger partial charge in [-0.05, 0) is 38.0 Å². The van der Waals surface area contributed by atoms with E-state index in [2.05, 4.69) is 26.3 Å². The SMILES string of the molecule is CC(=O)NCCC1CCN(c2cc(C3CC(N)C3)nc(N)n2)CC1.Cl.Cl. The number of nitrogen functional groups attached to an aromatic ring is 1. The Balaban J connectivity index is 0.00000169. The summed E-state index contributed by atoms with van der Waals surface area (Å²) in [5.41, 5.74) is 12.8. The van der Waals surface area contributed by atoms with Crippen LogP contribution in [0.1, 0.15) is 50.6 Å². The van der Waals surface area contributed by atoms with Crippen LogP contribution in [-0.2, 0) is 4.79 Å². The number of nitrogens with zero attached hydrogens (tertiary/aromatic N) is 3. The molecule has 2 fully saturated rings. The molecule has 148 valence electrons. The minimum Gasteiger partial charge on any atom is -0.368 e. The topological polar surface area (TPSA) is 110 Å². The zero-order valence-corrected chi connectivity index (χ0v) is 16.8. The molecule has 2 aliphatic rings. The average molecular weight is 405 g/mol. The van der Waals surface area contributed by atoms with E-state index in [9.17, 15) is 4.79 Å². The monoisotopic (exact) mass is 404 g/mol. The quantitative estimate of drug-likeness (QED) is 0.690. The van der Waals surface area contributed by atoms with Crippen molar-refractivity contribution in [3.8, 4) is 0 Å². The Bertz CT molecular complexity index is 589. The highest BCUT2D eigenvalue weighted by molar-refractivity contribution is 5.85. The van der Waals surface area contributed by atoms with Crippen LogP contribution in [0.15, 0.2) is 6.07 Å². The second-order valence-electron chi connectivity index (χ2n) is 7.14. The molecular weight excluding hydrogens is 375 g/mol. The maximum Gasteiger partial charge on any atom is 0.222 e. The number of nitrogens with one attached hydrogen (secondary N) is 1. The minimum atomic E-state index is 0. The molecular formula is C17H30Cl2N6O. The number of hydrogen-bond donors (Lipinski definition) is 3. The standard InChI is InChI=1S/C17H28N6O.2ClH/c1-11(24)20-5-2-12-3-6-23(7-4-12)16-10-15(21-17(19)22-16)13-8-14(18)9-13;;/h10,12-14H,2-9,18H2,1H3,(H,20,24)(H2,19,21,22);2*1H. The van der Waals surface area contributed by atoms with Gasteiger partial charge in [0.15, 0.2) is 0 Å². The number of carbonyl (C=O) groups excluding carboxylic acids is 1. The van der Waals surface area contributed by atoms with Crippen molar-refractivity contribution in [1.82, 2.24) is 15.3 Å². The molecule has 1 saturated heterocycles. The Morgan fingerprint density at radius 3 is 2.50 bits per heavy atom. The Morgan fingerprint density at radius 1 is 1.27 bits per heavy atom. The number of aromatic nitrogens is 2. The number of carbonyl (C=O) groups is 1. The molecule has 0 atom stereocenters. The fourth-order valence-corrected chi connectivity index (χ4v) is 3.65. The highest BCUT2D eigenvalue weighted by Crippen LogP contribution is 2.36. The van der Waals surface area contributed by atoms with Crippen molar-refractivity contribution >= 4 is 42.5 Å². The van der Waals surface area contributed by atoms with Gasteiger partial charge in [-0.2, -0.15) is 4.98 Å². The van der Waals surface area contributed by atoms with Gasteiger partial charge in [0.1, 0.15) is 5.82 Å². The molecule has 1 aliphatic heterocycles. The van der Waals surface area contributed by atoms with Gasteiger partial charge in [0.2, 0.25) is 11.9 Å². The summed E-state index contributed by atoms with van der Waals surface area (Å²) in [5, 5.41) is 2.88. The fourth-order valence-electron chi connectivity index (χ4n) is 3.65. The van der Waals surface area contributed by atoms with Crippen molar-refractivity contribution in [3.63, 3.8) is 0 Å². The largest absolute Gasteiger partial charge is 0.368 e. The molecule has 9 heteroatoms. The number of anilines is 2. The van der Waals surface area contributed by atoms with Gasteiger partial charge in [-0.25, -0.2) is 4.98 Å². The smallest absolute Gasteiger partial charge is 0.222 e. The van der Waals surface area contributed by atoms with Crippen molar-refractivity contribution in [2.24, 2.45) is 11.7 Å². The summed E-state index contributed by atoms with van der Waals surface area (Å²) in [4.78, 5) is 22.1. The Labute approximate surface area is 167 Å². The van der Waals surface area contributed by atoms with Crippen LogP contribution in [0.25, 0.3) is 0 Å². The van der Waals surface area contributed by atoms with Crippen LogP contribution in [0.3, 0.4) is 0 Å². The molecule has 0 radical (unpaired) electrons. The molecule has 0 unspecified atom stereocenters. The Kier molecular flexibility index (Phi) is 8.86. The number of halogens is 2. The lowest BCUT2D eigenvalue weighted by Crippen LogP contribution is -2.37. The summed E-state index contributed by atoms with van der Waals surface area (Å²) in [6.45, 7) is 4.29. The summed E-state index contributed by atoms with van der Waals surface area (Å²) in [7, 11) is 0. The zero-order chi connectivity index (χ0) is 17.1. The van der Waals surface area contributed by atoms with Gasteiger partial charge in [0.25, 0.3) is 0 Å². The molecule has 1 aromatic rings. The predicted octanol–water partition coefficient (Wildman–Crippen LogP) is 1.85. The lowest BCUT2D eigenvalue weighted by molar-refractivity contribution is -0.119. The van der Waals surface area contributed by atoms with Gasteiger partial charge in [-0.3, -0.25) is 4.79 Å². The molecule has 1 aliphatic carbocycles. The van der Waals surface area contributed by atoms with E-state index < -0.39 is 0 Å². The Morgan fingerprint density at radius 2 is 1.92 bits per heavy atom. The first-order valence-corrected chi connectivity index (χ1v) is 8.90. The van der Waals surface area contributed by atoms with Crippen LogP contribution >= 0.6 is 24.8 Å². The predicted molar refractivity (Wildman–Crippen MR) is 109 cm³/mol. The van der Waals surface area contributed by atoms with E-state index in [0.717, 1.165) is 63.3 Å². The van der Waals surface area contributed by atoms with Crippen molar-refractivity contribution in [3.05, 3.63) is 11.8 Å². The number of piperidine rings is 1. The van der Waals surface area contributed by atoms with Crippen LogP contribution in [0.5, 0.6) is 0 Å². The van der Waals surface area contributed by atoms with Gasteiger partial charge in [-0.1, -0.05) is 0 Å². The molecule has 3 rings (SSSR count). The summed E-state index contributed by atoms with van der Waals surface area (Å²) in [6, 6.07) is 2.39. The second kappa shape index (κ2) is 10.1. The van der Waals surface area contributed by atoms with Gasteiger partial charge in [0.05, 0.1) is 5.69 Å². The molecule has 0 aromatic carbocycles. The number of rotatable bonds is 5. The summed E-state index contributed by atoms with van der Waals surface area (Å²) < 4.78 is 0. The van der Waals surface area contributed by atoms with Crippen LogP contribution < -0.4 is 21.7 Å². The van der Waals surface area contributed by atoms with E-state index in [0.29, 0.717) is 23.8 Å². The first-order valence-electron chi connectivity index (χ1n) is 8.90. The summed E-state index contributed by atoms with van der Waals surface area (Å²) in [6.07, 6.45) is 5.26. The molecule has 1 aromatic heterocycles. The molecule has 2 heterocycles. The zero-order valence-electron chi connectivity index (χ0n) is 15.2. The van der Waals surface area contributed by atoms with Crippen molar-refractivity contribution in [1.29, 1.82) is 0 Å². The molecule has 1 amide bonds. The van der Waals surface area contributed by atoms with Gasteiger partial charge in [-0.15, -0.1) is 24.8 Å². The van der Waals surface area contributed by atoms with E-state index in [1.165, 1.54) is 0 Å². The van der Waals surface area contributed by atoms with Crippen LogP contribution in [0.2, 0.25) is 0 Å². The second-order valence-corrected chi connectivity index (χ2v) is 7.14. The number of hydrogen-bond acceptors (Lipinski definition) is 6. The summed E-state index contributed by atoms with van der Waals surface area (Å²) in [5.74, 6) is 2.44. The lowest BCUT2D eigenvalue weighted by Gasteiger charge is -2.35. The maximum atomic E-state index is 10.9. The first kappa shape index (κ1) is 22.7. The summed E-state index contributed by atoms with van der Waals surface area (Å²) >= 11 is 0. The van der Waals surface area contributed by atoms with E-state index in [1.807, 2.05) is 0 Å². The van der Waals surface area contributed by atoms with Crippen molar-refractivity contribution < 1.29 is 4.79 Å². The molecule has 0 spiro atoms. The third-order valence-corrected chi connectivity index (χ3v) is 5.21. The van der Waals surface area contributed by atoms with Crippen molar-refractivity contribution in [2.45, 2.75) is 51.0 Å². The highest BCUT2D eigenvalue weighted by atomic mass is 35.5. The Hall–Kier alpha value is -1.31. The fraction of sp³-hybridized carbons (Fsp3) is 0.706. The van der Waals surface area contributed by atoms with Gasteiger partial charge >= 0.3 is 0 Å². The third-order valence-electron chi connectivity index (χ3n) is 5.21. The lowest BCUT2D eigenvalue weighted by atomic mass is 9.78. The number of nitrogens with two attached hydrogens (primary N) is 2. The van der Waals surface area contributed by atoms with Crippen molar-refractivity contribution in [2.75, 3.05) is 30.3 Å². The molecule has 0 bridgehead atoms. The average Bonchev–Trinajstić information content (AvgIpc) is 2.51. The van der Waals surface area contributed by atoms with Gasteiger partial charge in [0, 0.05) is 44.6 Å². The first-order chi connectivity index (χ1) is 11.5. The molecule has 7 nitrogen and oxygen atoms in total. The van der Waals surface area contributed by atoms with Crippen LogP contribution in [-0.4, -0.2) is 41.6 Å². The number of amides is 1. The van der Waals surface area contributed by atoms with E-state index in [-0.39, 0.29) is 30.7 Å². The minimum absolute atomic E-state index is 0. The molecule has 1 saturated carbocycles. The normalized spacial score (nSPS) is 22.6. The molecule has 5 N–H and O–H groups in total. The van der Waals surface area contributed by atoms with Gasteiger partial charge < -0.3 is 21.7 Å². The van der Waals surface area contributed by atoms with E-state index in [4.69, 9.17) is 11.5 Å². The third kappa shape index (κ3) is 5.86. The van der Waals surface area contributed by atoms with E-state index in [1.54, 1.807) is 6.92 Å².